The van der Waals surface area contributed by atoms with Crippen molar-refractivity contribution in [1.82, 2.24) is 0 Å². The Morgan fingerprint density at radius 3 is 1.80 bits per heavy atom. The Morgan fingerprint density at radius 1 is 0.691 bits per heavy atom. The number of aliphatic hydroxyl groups excluding tert-OH is 3. The van der Waals surface area contributed by atoms with Gasteiger partial charge >= 0.3 is 16.4 Å². The third-order valence-electron chi connectivity index (χ3n) is 9.48. The zero-order chi connectivity index (χ0) is 40.4. The summed E-state index contributed by atoms with van der Waals surface area (Å²) in [5.41, 5.74) is 0. The van der Waals surface area contributed by atoms with Crippen LogP contribution in [0, 0.1) is 0 Å². The van der Waals surface area contributed by atoms with E-state index >= 15 is 0 Å². The van der Waals surface area contributed by atoms with Crippen LogP contribution in [0.2, 0.25) is 0 Å². The van der Waals surface area contributed by atoms with Crippen LogP contribution in [0.5, 0.6) is 0 Å². The molecule has 55 heavy (non-hydrogen) atoms. The number of carbonyl (C=O) groups is 1. The second-order valence-electron chi connectivity index (χ2n) is 14.6. The Hall–Kier alpha value is -1.68. The predicted molar refractivity (Wildman–Crippen MR) is 216 cm³/mol. The lowest BCUT2D eigenvalue weighted by Gasteiger charge is -2.41. The Bertz CT molecular complexity index is 1110. The van der Waals surface area contributed by atoms with Crippen molar-refractivity contribution < 1.29 is 56.2 Å². The molecular formula is C42H76O12S. The normalized spacial score (nSPS) is 21.3. The summed E-state index contributed by atoms with van der Waals surface area (Å²) >= 11 is 0. The number of aliphatic hydroxyl groups is 3. The molecule has 1 heterocycles. The molecule has 0 bridgehead atoms. The standard InChI is InChI=1S/C42H76O12S/c1-3-5-7-9-11-13-15-16-17-18-19-20-22-24-26-28-30-32-50-34-36(52-38(44)31-29-27-25-23-21-14-12-10-8-6-4-2)35-51-42-40(46)41(54-55(47,48)49)39(45)37(33-43)53-42/h10,12-13,15,17-18,36-37,39-43,45-46H,3-9,11,14,16,19-35H2,1-2H3,(H,47,48,49)/b12-10-,15-13-,18-17-. The Morgan fingerprint density at radius 2 is 1.22 bits per heavy atom. The first kappa shape index (κ1) is 51.3. The second kappa shape index (κ2) is 34.4. The van der Waals surface area contributed by atoms with Crippen molar-refractivity contribution in [3.8, 4) is 0 Å². The molecule has 1 saturated heterocycles. The summed E-state index contributed by atoms with van der Waals surface area (Å²) in [5, 5.41) is 30.6. The number of rotatable bonds is 36. The lowest BCUT2D eigenvalue weighted by molar-refractivity contribution is -0.301. The van der Waals surface area contributed by atoms with Gasteiger partial charge in [-0.1, -0.05) is 127 Å². The van der Waals surface area contributed by atoms with E-state index in [2.05, 4.69) is 54.5 Å². The highest BCUT2D eigenvalue weighted by atomic mass is 32.3. The van der Waals surface area contributed by atoms with Gasteiger partial charge in [0.2, 0.25) is 0 Å². The molecule has 0 saturated carbocycles. The summed E-state index contributed by atoms with van der Waals surface area (Å²) < 4.78 is 58.9. The molecule has 0 aromatic heterocycles. The molecule has 1 rings (SSSR count). The first-order valence-electron chi connectivity index (χ1n) is 21.2. The van der Waals surface area contributed by atoms with Gasteiger partial charge in [-0.15, -0.1) is 0 Å². The molecule has 4 N–H and O–H groups in total. The lowest BCUT2D eigenvalue weighted by atomic mass is 9.99. The average molecular weight is 805 g/mol. The van der Waals surface area contributed by atoms with Crippen molar-refractivity contribution >= 4 is 16.4 Å². The molecule has 0 aromatic carbocycles. The van der Waals surface area contributed by atoms with E-state index in [1.54, 1.807) is 0 Å². The highest BCUT2D eigenvalue weighted by Crippen LogP contribution is 2.26. The summed E-state index contributed by atoms with van der Waals surface area (Å²) in [5.74, 6) is -0.415. The fraction of sp³-hybridized carbons (Fsp3) is 0.833. The third-order valence-corrected chi connectivity index (χ3v) is 9.95. The summed E-state index contributed by atoms with van der Waals surface area (Å²) in [7, 11) is -5.06. The summed E-state index contributed by atoms with van der Waals surface area (Å²) in [4.78, 5) is 12.8. The molecule has 6 unspecified atom stereocenters. The van der Waals surface area contributed by atoms with Crippen LogP contribution < -0.4 is 0 Å². The molecule has 0 amide bonds. The van der Waals surface area contributed by atoms with Gasteiger partial charge in [-0.3, -0.25) is 9.35 Å². The van der Waals surface area contributed by atoms with Crippen LogP contribution in [-0.4, -0.2) is 97.5 Å². The van der Waals surface area contributed by atoms with Gasteiger partial charge in [0.15, 0.2) is 6.29 Å². The molecule has 1 aliphatic rings. The van der Waals surface area contributed by atoms with Gasteiger partial charge in [0, 0.05) is 13.0 Å². The van der Waals surface area contributed by atoms with Gasteiger partial charge < -0.3 is 34.3 Å². The summed E-state index contributed by atoms with van der Waals surface area (Å²) in [6, 6.07) is 0. The maximum absolute atomic E-state index is 12.8. The highest BCUT2D eigenvalue weighted by molar-refractivity contribution is 7.80. The molecule has 12 nitrogen and oxygen atoms in total. The number of hydrogen-bond acceptors (Lipinski definition) is 11. The number of ether oxygens (including phenoxy) is 4. The van der Waals surface area contributed by atoms with Gasteiger partial charge in [-0.2, -0.15) is 8.42 Å². The molecule has 13 heteroatoms. The minimum atomic E-state index is -5.06. The van der Waals surface area contributed by atoms with Crippen LogP contribution in [0.4, 0.5) is 0 Å². The first-order chi connectivity index (χ1) is 26.6. The van der Waals surface area contributed by atoms with Gasteiger partial charge in [0.25, 0.3) is 0 Å². The van der Waals surface area contributed by atoms with Crippen LogP contribution >= 0.6 is 0 Å². The van der Waals surface area contributed by atoms with Crippen molar-refractivity contribution in [2.24, 2.45) is 0 Å². The van der Waals surface area contributed by atoms with Crippen molar-refractivity contribution in [2.45, 2.75) is 198 Å². The van der Waals surface area contributed by atoms with Crippen molar-refractivity contribution in [3.63, 3.8) is 0 Å². The smallest absolute Gasteiger partial charge is 0.397 e. The van der Waals surface area contributed by atoms with Crippen molar-refractivity contribution in [2.75, 3.05) is 26.4 Å². The van der Waals surface area contributed by atoms with Crippen LogP contribution in [0.15, 0.2) is 36.5 Å². The summed E-state index contributed by atoms with van der Waals surface area (Å²) in [6.45, 7) is 3.88. The summed E-state index contributed by atoms with van der Waals surface area (Å²) in [6.07, 6.45) is 29.0. The molecule has 0 aromatic rings. The molecular weight excluding hydrogens is 729 g/mol. The van der Waals surface area contributed by atoms with Gasteiger partial charge in [-0.05, 0) is 64.2 Å². The Labute approximate surface area is 333 Å². The second-order valence-corrected chi connectivity index (χ2v) is 15.6. The van der Waals surface area contributed by atoms with E-state index in [9.17, 15) is 28.5 Å². The number of allylic oxidation sites excluding steroid dienone is 6. The first-order valence-corrected chi connectivity index (χ1v) is 22.6. The zero-order valence-corrected chi connectivity index (χ0v) is 34.8. The van der Waals surface area contributed by atoms with E-state index < -0.39 is 59.8 Å². The maximum Gasteiger partial charge on any atom is 0.397 e. The van der Waals surface area contributed by atoms with E-state index in [0.717, 1.165) is 77.0 Å². The molecule has 1 fully saturated rings. The Kier molecular flexibility index (Phi) is 32.1. The number of unbranched alkanes of at least 4 members (excludes halogenated alkanes) is 17. The minimum Gasteiger partial charge on any atom is -0.457 e. The topological polar surface area (TPSA) is 178 Å². The molecule has 0 radical (unpaired) electrons. The molecule has 6 atom stereocenters. The van der Waals surface area contributed by atoms with Crippen LogP contribution in [-0.2, 0) is 38.3 Å². The fourth-order valence-electron chi connectivity index (χ4n) is 6.21. The van der Waals surface area contributed by atoms with Crippen molar-refractivity contribution in [1.29, 1.82) is 0 Å². The predicted octanol–water partition coefficient (Wildman–Crippen LogP) is 8.24. The minimum absolute atomic E-state index is 0.0255. The number of hydrogen-bond donors (Lipinski definition) is 4. The number of esters is 1. The fourth-order valence-corrected chi connectivity index (χ4v) is 6.72. The molecule has 322 valence electrons. The maximum atomic E-state index is 12.8. The third kappa shape index (κ3) is 28.4. The van der Waals surface area contributed by atoms with E-state index in [-0.39, 0.29) is 19.6 Å². The lowest BCUT2D eigenvalue weighted by Crippen LogP contribution is -2.60. The monoisotopic (exact) mass is 805 g/mol. The van der Waals surface area contributed by atoms with Crippen molar-refractivity contribution in [3.05, 3.63) is 36.5 Å². The zero-order valence-electron chi connectivity index (χ0n) is 34.0. The van der Waals surface area contributed by atoms with E-state index in [1.165, 1.54) is 57.8 Å². The van der Waals surface area contributed by atoms with Gasteiger partial charge in [-0.25, -0.2) is 4.18 Å². The molecule has 0 spiro atoms. The van der Waals surface area contributed by atoms with Crippen LogP contribution in [0.3, 0.4) is 0 Å². The van der Waals surface area contributed by atoms with Gasteiger partial charge in [0.05, 0.1) is 19.8 Å². The van der Waals surface area contributed by atoms with E-state index in [4.69, 9.17) is 23.5 Å². The highest BCUT2D eigenvalue weighted by Gasteiger charge is 2.48. The molecule has 0 aliphatic carbocycles. The van der Waals surface area contributed by atoms with Crippen LogP contribution in [0.25, 0.3) is 0 Å². The van der Waals surface area contributed by atoms with E-state index in [1.807, 2.05) is 0 Å². The molecule has 1 aliphatic heterocycles. The van der Waals surface area contributed by atoms with Crippen LogP contribution in [0.1, 0.15) is 162 Å². The van der Waals surface area contributed by atoms with E-state index in [0.29, 0.717) is 13.0 Å². The largest absolute Gasteiger partial charge is 0.457 e. The quantitative estimate of drug-likeness (QED) is 0.0207. The Balaban J connectivity index is 2.46. The number of carbonyl (C=O) groups excluding carboxylic acids is 1. The van der Waals surface area contributed by atoms with Gasteiger partial charge in [0.1, 0.15) is 30.5 Å². The SMILES string of the molecule is CCCC/C=C\CCCCCCCC(=O)OC(COCCCCCCCC/C=C\C/C=C\CCCCCC)COC1OC(CO)C(O)C(OS(=O)(=O)O)C1O. The average Bonchev–Trinajstić information content (AvgIpc) is 3.15.